The van der Waals surface area contributed by atoms with Crippen molar-refractivity contribution in [3.8, 4) is 0 Å². The van der Waals surface area contributed by atoms with E-state index < -0.39 is 0 Å². The van der Waals surface area contributed by atoms with Gasteiger partial charge in [0.1, 0.15) is 0 Å². The van der Waals surface area contributed by atoms with Gasteiger partial charge in [0.05, 0.1) is 6.04 Å². The Bertz CT molecular complexity index is 729. The van der Waals surface area contributed by atoms with Crippen LogP contribution in [-0.2, 0) is 13.0 Å². The predicted octanol–water partition coefficient (Wildman–Crippen LogP) is 3.11. The molecule has 0 aliphatic carbocycles. The molecular weight excluding hydrogens is 347 g/mol. The minimum atomic E-state index is 0. The standard InChI is InChI=1S/C17H19ClN4O.ClH/c18-12-5-3-11(4-6-12)15-2-1-9-22(15)17(23)16-13-10-19-8-7-14(13)20-21-16;/h3-6,15,19H,1-2,7-10H2,(H,20,21);1H. The van der Waals surface area contributed by atoms with Gasteiger partial charge in [0.15, 0.2) is 5.69 Å². The summed E-state index contributed by atoms with van der Waals surface area (Å²) in [6.45, 7) is 2.42. The summed E-state index contributed by atoms with van der Waals surface area (Å²) in [5.74, 6) is 0.0312. The largest absolute Gasteiger partial charge is 0.330 e. The van der Waals surface area contributed by atoms with Gasteiger partial charge in [0.25, 0.3) is 5.91 Å². The third-order valence-corrected chi connectivity index (χ3v) is 5.03. The molecule has 2 aliphatic rings. The molecule has 2 N–H and O–H groups in total. The number of benzene rings is 1. The molecular formula is C17H20Cl2N4O. The molecule has 5 nitrogen and oxygen atoms in total. The number of rotatable bonds is 2. The van der Waals surface area contributed by atoms with Crippen LogP contribution in [0.2, 0.25) is 5.02 Å². The maximum atomic E-state index is 13.0. The molecule has 1 saturated heterocycles. The lowest BCUT2D eigenvalue weighted by molar-refractivity contribution is 0.0728. The van der Waals surface area contributed by atoms with Crippen molar-refractivity contribution >= 4 is 29.9 Å². The zero-order valence-corrected chi connectivity index (χ0v) is 14.8. The smallest absolute Gasteiger partial charge is 0.275 e. The molecule has 0 bridgehead atoms. The Hall–Kier alpha value is -1.56. The Morgan fingerprint density at radius 2 is 2.08 bits per heavy atom. The van der Waals surface area contributed by atoms with Crippen LogP contribution in [0.3, 0.4) is 0 Å². The van der Waals surface area contributed by atoms with E-state index in [0.29, 0.717) is 12.2 Å². The van der Waals surface area contributed by atoms with Gasteiger partial charge >= 0.3 is 0 Å². The fourth-order valence-corrected chi connectivity index (χ4v) is 3.71. The normalized spacial score (nSPS) is 19.7. The maximum Gasteiger partial charge on any atom is 0.275 e. The number of halogens is 2. The number of hydrogen-bond donors (Lipinski definition) is 2. The number of amides is 1. The van der Waals surface area contributed by atoms with Gasteiger partial charge in [-0.1, -0.05) is 23.7 Å². The topological polar surface area (TPSA) is 61.0 Å². The summed E-state index contributed by atoms with van der Waals surface area (Å²) in [6, 6.07) is 7.92. The Morgan fingerprint density at radius 1 is 1.29 bits per heavy atom. The zero-order chi connectivity index (χ0) is 15.8. The fourth-order valence-electron chi connectivity index (χ4n) is 3.58. The van der Waals surface area contributed by atoms with Crippen LogP contribution in [0.4, 0.5) is 0 Å². The van der Waals surface area contributed by atoms with Crippen molar-refractivity contribution < 1.29 is 4.79 Å². The number of hydrogen-bond acceptors (Lipinski definition) is 3. The molecule has 1 atom stereocenters. The summed E-state index contributed by atoms with van der Waals surface area (Å²) in [5.41, 5.74) is 3.84. The molecule has 2 aromatic rings. The van der Waals surface area contributed by atoms with Crippen molar-refractivity contribution in [1.29, 1.82) is 0 Å². The molecule has 1 aromatic heterocycles. The maximum absolute atomic E-state index is 13.0. The summed E-state index contributed by atoms with van der Waals surface area (Å²) in [6.07, 6.45) is 2.90. The van der Waals surface area contributed by atoms with Crippen LogP contribution in [-0.4, -0.2) is 34.1 Å². The molecule has 4 rings (SSSR count). The summed E-state index contributed by atoms with van der Waals surface area (Å²) in [7, 11) is 0. The van der Waals surface area contributed by atoms with Gasteiger partial charge in [-0.3, -0.25) is 9.89 Å². The average Bonchev–Trinajstić information content (AvgIpc) is 3.22. The second-order valence-corrected chi connectivity index (χ2v) is 6.60. The van der Waals surface area contributed by atoms with Gasteiger partial charge in [-0.05, 0) is 30.5 Å². The summed E-state index contributed by atoms with van der Waals surface area (Å²) in [4.78, 5) is 15.0. The molecule has 1 amide bonds. The lowest BCUT2D eigenvalue weighted by Gasteiger charge is -2.25. The van der Waals surface area contributed by atoms with Gasteiger partial charge in [0.2, 0.25) is 0 Å². The van der Waals surface area contributed by atoms with E-state index in [9.17, 15) is 4.79 Å². The number of aromatic nitrogens is 2. The SMILES string of the molecule is Cl.O=C(c1n[nH]c2c1CNCC2)N1CCCC1c1ccc(Cl)cc1. The van der Waals surface area contributed by atoms with E-state index >= 15 is 0 Å². The molecule has 24 heavy (non-hydrogen) atoms. The second kappa shape index (κ2) is 7.13. The van der Waals surface area contributed by atoms with Crippen molar-refractivity contribution in [2.75, 3.05) is 13.1 Å². The molecule has 0 saturated carbocycles. The van der Waals surface area contributed by atoms with E-state index in [2.05, 4.69) is 15.5 Å². The molecule has 1 aromatic carbocycles. The van der Waals surface area contributed by atoms with E-state index in [4.69, 9.17) is 11.6 Å². The monoisotopic (exact) mass is 366 g/mol. The van der Waals surface area contributed by atoms with Gasteiger partial charge in [-0.2, -0.15) is 5.10 Å². The number of nitrogens with zero attached hydrogens (tertiary/aromatic N) is 2. The van der Waals surface area contributed by atoms with Crippen LogP contribution in [0.1, 0.15) is 46.2 Å². The van der Waals surface area contributed by atoms with Crippen LogP contribution < -0.4 is 5.32 Å². The highest BCUT2D eigenvalue weighted by molar-refractivity contribution is 6.30. The van der Waals surface area contributed by atoms with Crippen molar-refractivity contribution in [2.24, 2.45) is 0 Å². The highest BCUT2D eigenvalue weighted by Gasteiger charge is 2.33. The lowest BCUT2D eigenvalue weighted by atomic mass is 10.0. The van der Waals surface area contributed by atoms with Gasteiger partial charge < -0.3 is 10.2 Å². The van der Waals surface area contributed by atoms with Crippen molar-refractivity contribution in [2.45, 2.75) is 31.8 Å². The number of carbonyl (C=O) groups excluding carboxylic acids is 1. The first-order chi connectivity index (χ1) is 11.2. The summed E-state index contributed by atoms with van der Waals surface area (Å²) < 4.78 is 0. The molecule has 0 radical (unpaired) electrons. The van der Waals surface area contributed by atoms with Crippen LogP contribution in [0, 0.1) is 0 Å². The Labute approximate surface area is 152 Å². The minimum Gasteiger partial charge on any atom is -0.330 e. The number of fused-ring (bicyclic) bond motifs is 1. The van der Waals surface area contributed by atoms with E-state index in [-0.39, 0.29) is 24.4 Å². The van der Waals surface area contributed by atoms with Crippen LogP contribution in [0.5, 0.6) is 0 Å². The van der Waals surface area contributed by atoms with E-state index in [1.54, 1.807) is 0 Å². The molecule has 1 unspecified atom stereocenters. The van der Waals surface area contributed by atoms with E-state index in [1.165, 1.54) is 0 Å². The molecule has 3 heterocycles. The Morgan fingerprint density at radius 3 is 2.88 bits per heavy atom. The quantitative estimate of drug-likeness (QED) is 0.858. The first-order valence-electron chi connectivity index (χ1n) is 8.07. The minimum absolute atomic E-state index is 0. The lowest BCUT2D eigenvalue weighted by Crippen LogP contribution is -2.32. The van der Waals surface area contributed by atoms with Crippen molar-refractivity contribution in [1.82, 2.24) is 20.4 Å². The number of aromatic amines is 1. The summed E-state index contributed by atoms with van der Waals surface area (Å²) >= 11 is 5.98. The number of nitrogens with one attached hydrogen (secondary N) is 2. The number of H-pyrrole nitrogens is 1. The fraction of sp³-hybridized carbons (Fsp3) is 0.412. The van der Waals surface area contributed by atoms with Crippen LogP contribution in [0.15, 0.2) is 24.3 Å². The number of likely N-dealkylation sites (tertiary alicyclic amines) is 1. The first-order valence-corrected chi connectivity index (χ1v) is 8.45. The molecule has 7 heteroatoms. The van der Waals surface area contributed by atoms with Gasteiger partial charge in [0, 0.05) is 42.3 Å². The molecule has 2 aliphatic heterocycles. The average molecular weight is 367 g/mol. The highest BCUT2D eigenvalue weighted by atomic mass is 35.5. The molecule has 0 spiro atoms. The van der Waals surface area contributed by atoms with Crippen LogP contribution >= 0.6 is 24.0 Å². The van der Waals surface area contributed by atoms with Crippen molar-refractivity contribution in [3.63, 3.8) is 0 Å². The Balaban J connectivity index is 0.00000169. The second-order valence-electron chi connectivity index (χ2n) is 6.16. The van der Waals surface area contributed by atoms with Gasteiger partial charge in [-0.25, -0.2) is 0 Å². The predicted molar refractivity (Wildman–Crippen MR) is 95.7 cm³/mol. The third-order valence-electron chi connectivity index (χ3n) is 4.78. The van der Waals surface area contributed by atoms with Crippen LogP contribution in [0.25, 0.3) is 0 Å². The summed E-state index contributed by atoms with van der Waals surface area (Å²) in [5, 5.41) is 11.4. The Kier molecular flexibility index (Phi) is 5.13. The van der Waals surface area contributed by atoms with E-state index in [1.807, 2.05) is 29.2 Å². The van der Waals surface area contributed by atoms with E-state index in [0.717, 1.165) is 54.2 Å². The molecule has 1 fully saturated rings. The highest BCUT2D eigenvalue weighted by Crippen LogP contribution is 2.34. The van der Waals surface area contributed by atoms with Crippen molar-refractivity contribution in [3.05, 3.63) is 51.8 Å². The van der Waals surface area contributed by atoms with Gasteiger partial charge in [-0.15, -0.1) is 12.4 Å². The first kappa shape index (κ1) is 17.3. The zero-order valence-electron chi connectivity index (χ0n) is 13.2. The molecule has 128 valence electrons. The third kappa shape index (κ3) is 3.04. The number of carbonyl (C=O) groups is 1.